The fourth-order valence-electron chi connectivity index (χ4n) is 2.90. The fourth-order valence-corrected chi connectivity index (χ4v) is 2.90. The van der Waals surface area contributed by atoms with Crippen molar-refractivity contribution in [1.29, 1.82) is 0 Å². The molecule has 0 bridgehead atoms. The van der Waals surface area contributed by atoms with Crippen molar-refractivity contribution >= 4 is 5.97 Å². The SMILES string of the molecule is CC(=O)Oc1ccccc1F.Fc1ccccc1C1CCCCC1. The van der Waals surface area contributed by atoms with Crippen LogP contribution in [0.4, 0.5) is 8.78 Å². The van der Waals surface area contributed by atoms with Crippen LogP contribution in [0.2, 0.25) is 0 Å². The predicted octanol–water partition coefficient (Wildman–Crippen LogP) is 5.62. The molecule has 1 saturated carbocycles. The van der Waals surface area contributed by atoms with E-state index in [1.807, 2.05) is 12.1 Å². The molecular weight excluding hydrogens is 310 g/mol. The third-order valence-electron chi connectivity index (χ3n) is 4.04. The molecule has 2 aromatic carbocycles. The van der Waals surface area contributed by atoms with Crippen LogP contribution in [0.5, 0.6) is 5.75 Å². The van der Waals surface area contributed by atoms with Gasteiger partial charge in [-0.25, -0.2) is 8.78 Å². The molecule has 0 aromatic heterocycles. The van der Waals surface area contributed by atoms with Gasteiger partial charge in [0.2, 0.25) is 0 Å². The zero-order chi connectivity index (χ0) is 17.4. The maximum atomic E-state index is 13.4. The minimum Gasteiger partial charge on any atom is -0.424 e. The van der Waals surface area contributed by atoms with Gasteiger partial charge in [-0.15, -0.1) is 0 Å². The summed E-state index contributed by atoms with van der Waals surface area (Å²) in [6.07, 6.45) is 6.19. The molecule has 0 radical (unpaired) electrons. The molecule has 1 aliphatic carbocycles. The van der Waals surface area contributed by atoms with Gasteiger partial charge in [-0.1, -0.05) is 49.6 Å². The van der Waals surface area contributed by atoms with E-state index in [-0.39, 0.29) is 11.6 Å². The molecular formula is C20H22F2O2. The Morgan fingerprint density at radius 3 is 2.08 bits per heavy atom. The van der Waals surface area contributed by atoms with Crippen molar-refractivity contribution in [1.82, 2.24) is 0 Å². The third-order valence-corrected chi connectivity index (χ3v) is 4.04. The van der Waals surface area contributed by atoms with Crippen molar-refractivity contribution in [3.8, 4) is 5.75 Å². The van der Waals surface area contributed by atoms with E-state index in [0.717, 1.165) is 5.56 Å². The standard InChI is InChI=1S/C12H15F.C8H7FO2/c13-12-9-5-4-8-11(12)10-6-2-1-3-7-10;1-6(10)11-8-5-3-2-4-7(8)9/h4-5,8-10H,1-3,6-7H2;2-5H,1H3. The topological polar surface area (TPSA) is 26.3 Å². The first-order chi connectivity index (χ1) is 11.6. The van der Waals surface area contributed by atoms with E-state index < -0.39 is 11.8 Å². The monoisotopic (exact) mass is 332 g/mol. The largest absolute Gasteiger partial charge is 0.424 e. The van der Waals surface area contributed by atoms with E-state index >= 15 is 0 Å². The molecule has 1 aliphatic rings. The maximum Gasteiger partial charge on any atom is 0.308 e. The molecule has 2 aromatic rings. The lowest BCUT2D eigenvalue weighted by Gasteiger charge is -2.22. The Kier molecular flexibility index (Phi) is 6.91. The summed E-state index contributed by atoms with van der Waals surface area (Å²) < 4.78 is 30.6. The molecule has 1 fully saturated rings. The fraction of sp³-hybridized carbons (Fsp3) is 0.350. The van der Waals surface area contributed by atoms with Crippen LogP contribution < -0.4 is 4.74 Å². The van der Waals surface area contributed by atoms with E-state index in [2.05, 4.69) is 4.74 Å². The van der Waals surface area contributed by atoms with Gasteiger partial charge in [-0.05, 0) is 42.5 Å². The normalized spacial score (nSPS) is 14.5. The molecule has 4 heteroatoms. The highest BCUT2D eigenvalue weighted by atomic mass is 19.1. The molecule has 0 spiro atoms. The highest BCUT2D eigenvalue weighted by molar-refractivity contribution is 5.69. The molecule has 0 aliphatic heterocycles. The number of halogens is 2. The van der Waals surface area contributed by atoms with Crippen molar-refractivity contribution in [2.24, 2.45) is 0 Å². The summed E-state index contributed by atoms with van der Waals surface area (Å²) in [5, 5.41) is 0. The van der Waals surface area contributed by atoms with Crippen LogP contribution in [-0.2, 0) is 4.79 Å². The van der Waals surface area contributed by atoms with Gasteiger partial charge in [0.1, 0.15) is 5.82 Å². The molecule has 2 nitrogen and oxygen atoms in total. The predicted molar refractivity (Wildman–Crippen MR) is 89.9 cm³/mol. The molecule has 0 atom stereocenters. The lowest BCUT2D eigenvalue weighted by molar-refractivity contribution is -0.132. The van der Waals surface area contributed by atoms with Gasteiger partial charge in [0, 0.05) is 6.92 Å². The summed E-state index contributed by atoms with van der Waals surface area (Å²) in [7, 11) is 0. The summed E-state index contributed by atoms with van der Waals surface area (Å²) in [5.41, 5.74) is 0.933. The lowest BCUT2D eigenvalue weighted by Crippen LogP contribution is -2.06. The highest BCUT2D eigenvalue weighted by Crippen LogP contribution is 2.33. The first-order valence-corrected chi connectivity index (χ1v) is 8.25. The van der Waals surface area contributed by atoms with Crippen molar-refractivity contribution in [2.75, 3.05) is 0 Å². The summed E-state index contributed by atoms with van der Waals surface area (Å²) in [5.74, 6) is -0.609. The first kappa shape index (κ1) is 18.1. The number of ether oxygens (including phenoxy) is 1. The van der Waals surface area contributed by atoms with Crippen molar-refractivity contribution in [3.05, 3.63) is 65.7 Å². The van der Waals surface area contributed by atoms with Gasteiger partial charge in [0.25, 0.3) is 0 Å². The van der Waals surface area contributed by atoms with E-state index in [4.69, 9.17) is 0 Å². The minimum absolute atomic E-state index is 0.0191. The molecule has 24 heavy (non-hydrogen) atoms. The Morgan fingerprint density at radius 1 is 0.917 bits per heavy atom. The molecule has 0 heterocycles. The Bertz CT molecular complexity index is 664. The first-order valence-electron chi connectivity index (χ1n) is 8.25. The van der Waals surface area contributed by atoms with Crippen LogP contribution in [0.1, 0.15) is 50.5 Å². The highest BCUT2D eigenvalue weighted by Gasteiger charge is 2.17. The molecule has 0 unspecified atom stereocenters. The van der Waals surface area contributed by atoms with E-state index in [1.54, 1.807) is 18.2 Å². The summed E-state index contributed by atoms with van der Waals surface area (Å²) in [6, 6.07) is 13.0. The van der Waals surface area contributed by atoms with Gasteiger partial charge < -0.3 is 4.74 Å². The van der Waals surface area contributed by atoms with Crippen LogP contribution in [0.15, 0.2) is 48.5 Å². The quantitative estimate of drug-likeness (QED) is 0.527. The van der Waals surface area contributed by atoms with Crippen molar-refractivity contribution < 1.29 is 18.3 Å². The van der Waals surface area contributed by atoms with Crippen LogP contribution >= 0.6 is 0 Å². The number of carbonyl (C=O) groups excluding carboxylic acids is 1. The van der Waals surface area contributed by atoms with Crippen molar-refractivity contribution in [3.63, 3.8) is 0 Å². The van der Waals surface area contributed by atoms with Gasteiger partial charge in [-0.2, -0.15) is 0 Å². The third kappa shape index (κ3) is 5.44. The van der Waals surface area contributed by atoms with E-state index in [1.165, 1.54) is 57.2 Å². The van der Waals surface area contributed by atoms with Gasteiger partial charge in [0.15, 0.2) is 11.6 Å². The number of para-hydroxylation sites is 1. The molecule has 128 valence electrons. The van der Waals surface area contributed by atoms with Gasteiger partial charge in [0.05, 0.1) is 0 Å². The minimum atomic E-state index is -0.525. The summed E-state index contributed by atoms with van der Waals surface area (Å²) in [4.78, 5) is 10.4. The van der Waals surface area contributed by atoms with Gasteiger partial charge >= 0.3 is 5.97 Å². The maximum absolute atomic E-state index is 13.4. The molecule has 0 amide bonds. The number of hydrogen-bond acceptors (Lipinski definition) is 2. The smallest absolute Gasteiger partial charge is 0.308 e. The number of esters is 1. The Labute approximate surface area is 141 Å². The average Bonchev–Trinajstić information content (AvgIpc) is 2.58. The summed E-state index contributed by atoms with van der Waals surface area (Å²) >= 11 is 0. The molecule has 3 rings (SSSR count). The number of carbonyl (C=O) groups is 1. The lowest BCUT2D eigenvalue weighted by atomic mass is 9.84. The number of hydrogen-bond donors (Lipinski definition) is 0. The Hall–Kier alpha value is -2.23. The Morgan fingerprint density at radius 2 is 1.50 bits per heavy atom. The van der Waals surface area contributed by atoms with Crippen LogP contribution in [0, 0.1) is 11.6 Å². The molecule has 0 N–H and O–H groups in total. The number of rotatable bonds is 2. The van der Waals surface area contributed by atoms with E-state index in [9.17, 15) is 13.6 Å². The van der Waals surface area contributed by atoms with Crippen LogP contribution in [0.3, 0.4) is 0 Å². The second kappa shape index (κ2) is 9.16. The summed E-state index contributed by atoms with van der Waals surface area (Å²) in [6.45, 7) is 1.23. The second-order valence-electron chi connectivity index (χ2n) is 5.88. The zero-order valence-electron chi connectivity index (χ0n) is 13.8. The second-order valence-corrected chi connectivity index (χ2v) is 5.88. The Balaban J connectivity index is 0.000000177. The zero-order valence-corrected chi connectivity index (χ0v) is 13.8. The van der Waals surface area contributed by atoms with Crippen LogP contribution in [0.25, 0.3) is 0 Å². The average molecular weight is 332 g/mol. The molecule has 0 saturated heterocycles. The van der Waals surface area contributed by atoms with Crippen molar-refractivity contribution in [2.45, 2.75) is 44.9 Å². The van der Waals surface area contributed by atoms with Gasteiger partial charge in [-0.3, -0.25) is 4.79 Å². The number of benzene rings is 2. The van der Waals surface area contributed by atoms with Crippen LogP contribution in [-0.4, -0.2) is 5.97 Å². The van der Waals surface area contributed by atoms with E-state index in [0.29, 0.717) is 5.92 Å².